The molecule has 0 unspecified atom stereocenters. The average Bonchev–Trinajstić information content (AvgIpc) is 2.92. The molecule has 1 aromatic carbocycles. The molecule has 1 heterocycles. The van der Waals surface area contributed by atoms with E-state index in [1.54, 1.807) is 45.0 Å². The highest BCUT2D eigenvalue weighted by atomic mass is 16.6. The van der Waals surface area contributed by atoms with E-state index in [2.05, 4.69) is 0 Å². The van der Waals surface area contributed by atoms with Gasteiger partial charge in [-0.15, -0.1) is 0 Å². The lowest BCUT2D eigenvalue weighted by Gasteiger charge is -2.26. The highest BCUT2D eigenvalue weighted by molar-refractivity contribution is 5.88. The summed E-state index contributed by atoms with van der Waals surface area (Å²) in [6, 6.07) is 7.90. The second-order valence-electron chi connectivity index (χ2n) is 7.38. The van der Waals surface area contributed by atoms with Crippen molar-refractivity contribution in [2.45, 2.75) is 51.0 Å². The minimum Gasteiger partial charge on any atom is -0.480 e. The SMILES string of the molecule is CC(C)(C)OC(=O)[C@@H]1C[C@@](N)(C(=O)O)CN1C(=O)OCc1ccccc1. The van der Waals surface area contributed by atoms with Crippen LogP contribution in [0.1, 0.15) is 32.8 Å². The minimum absolute atomic E-state index is 0.00184. The number of amides is 1. The number of nitrogens with zero attached hydrogens (tertiary/aromatic N) is 1. The molecule has 0 aromatic heterocycles. The van der Waals surface area contributed by atoms with Gasteiger partial charge in [0, 0.05) is 6.42 Å². The van der Waals surface area contributed by atoms with Crippen LogP contribution in [0.15, 0.2) is 30.3 Å². The van der Waals surface area contributed by atoms with E-state index in [0.717, 1.165) is 10.5 Å². The van der Waals surface area contributed by atoms with Gasteiger partial charge in [-0.25, -0.2) is 9.59 Å². The van der Waals surface area contributed by atoms with Gasteiger partial charge in [0.25, 0.3) is 0 Å². The topological polar surface area (TPSA) is 119 Å². The highest BCUT2D eigenvalue weighted by Crippen LogP contribution is 2.28. The Balaban J connectivity index is 2.14. The van der Waals surface area contributed by atoms with E-state index in [-0.39, 0.29) is 19.6 Å². The first kappa shape index (κ1) is 19.7. The quantitative estimate of drug-likeness (QED) is 0.777. The van der Waals surface area contributed by atoms with Crippen LogP contribution in [-0.4, -0.2) is 51.8 Å². The Morgan fingerprint density at radius 1 is 1.27 bits per heavy atom. The van der Waals surface area contributed by atoms with E-state index in [9.17, 15) is 19.5 Å². The van der Waals surface area contributed by atoms with Crippen LogP contribution in [0.4, 0.5) is 4.79 Å². The number of likely N-dealkylation sites (tertiary alicyclic amines) is 1. The van der Waals surface area contributed by atoms with Gasteiger partial charge < -0.3 is 20.3 Å². The third-order valence-corrected chi connectivity index (χ3v) is 3.93. The molecule has 1 aliphatic rings. The summed E-state index contributed by atoms with van der Waals surface area (Å²) in [7, 11) is 0. The van der Waals surface area contributed by atoms with Crippen molar-refractivity contribution in [2.24, 2.45) is 5.73 Å². The Hall–Kier alpha value is -2.61. The Morgan fingerprint density at radius 2 is 1.88 bits per heavy atom. The van der Waals surface area contributed by atoms with Gasteiger partial charge >= 0.3 is 18.0 Å². The summed E-state index contributed by atoms with van der Waals surface area (Å²) in [5.41, 5.74) is 4.14. The van der Waals surface area contributed by atoms with Crippen LogP contribution in [-0.2, 0) is 25.7 Å². The van der Waals surface area contributed by atoms with Gasteiger partial charge in [0.2, 0.25) is 0 Å². The van der Waals surface area contributed by atoms with Crippen molar-refractivity contribution < 1.29 is 29.0 Å². The fourth-order valence-electron chi connectivity index (χ4n) is 2.66. The van der Waals surface area contributed by atoms with Gasteiger partial charge in [0.15, 0.2) is 0 Å². The largest absolute Gasteiger partial charge is 0.480 e. The van der Waals surface area contributed by atoms with Crippen LogP contribution >= 0.6 is 0 Å². The second kappa shape index (κ2) is 7.33. The second-order valence-corrected chi connectivity index (χ2v) is 7.38. The van der Waals surface area contributed by atoms with Gasteiger partial charge in [0.05, 0.1) is 6.54 Å². The number of esters is 1. The van der Waals surface area contributed by atoms with Crippen molar-refractivity contribution in [1.82, 2.24) is 4.90 Å². The molecule has 3 N–H and O–H groups in total. The number of carboxylic acid groups (broad SMARTS) is 1. The van der Waals surface area contributed by atoms with Crippen LogP contribution in [0.5, 0.6) is 0 Å². The Kier molecular flexibility index (Phi) is 5.56. The Labute approximate surface area is 151 Å². The van der Waals surface area contributed by atoms with E-state index in [1.807, 2.05) is 6.07 Å². The summed E-state index contributed by atoms with van der Waals surface area (Å²) in [6.45, 7) is 4.72. The molecule has 8 heteroatoms. The van der Waals surface area contributed by atoms with Crippen LogP contribution in [0.25, 0.3) is 0 Å². The molecule has 1 fully saturated rings. The zero-order chi connectivity index (χ0) is 19.5. The maximum absolute atomic E-state index is 12.5. The lowest BCUT2D eigenvalue weighted by atomic mass is 9.97. The Morgan fingerprint density at radius 3 is 2.42 bits per heavy atom. The molecule has 26 heavy (non-hydrogen) atoms. The van der Waals surface area contributed by atoms with Crippen molar-refractivity contribution in [2.75, 3.05) is 6.54 Å². The molecule has 0 spiro atoms. The number of rotatable bonds is 4. The van der Waals surface area contributed by atoms with Crippen molar-refractivity contribution in [3.05, 3.63) is 35.9 Å². The number of aliphatic carboxylic acids is 1. The zero-order valence-electron chi connectivity index (χ0n) is 15.1. The summed E-state index contributed by atoms with van der Waals surface area (Å²) in [6.07, 6.45) is -1.05. The number of carbonyl (C=O) groups is 3. The van der Waals surface area contributed by atoms with E-state index < -0.39 is 35.2 Å². The van der Waals surface area contributed by atoms with Crippen LogP contribution < -0.4 is 5.73 Å². The molecule has 1 aromatic rings. The van der Waals surface area contributed by atoms with Gasteiger partial charge in [-0.05, 0) is 26.3 Å². The molecule has 8 nitrogen and oxygen atoms in total. The lowest BCUT2D eigenvalue weighted by Crippen LogP contribution is -2.50. The molecule has 2 atom stereocenters. The first-order valence-corrected chi connectivity index (χ1v) is 8.24. The molecule has 1 saturated heterocycles. The summed E-state index contributed by atoms with van der Waals surface area (Å²) in [4.78, 5) is 37.4. The standard InChI is InChI=1S/C18H24N2O6/c1-17(2,3)26-14(21)13-9-18(19,15(22)23)11-20(13)16(24)25-10-12-7-5-4-6-8-12/h4-8,13H,9-11,19H2,1-3H3,(H,22,23)/t13-,18-/m0/s1. The molecule has 0 saturated carbocycles. The number of hydrogen-bond acceptors (Lipinski definition) is 6. The summed E-state index contributed by atoms with van der Waals surface area (Å²) >= 11 is 0. The molecule has 142 valence electrons. The third-order valence-electron chi connectivity index (χ3n) is 3.93. The highest BCUT2D eigenvalue weighted by Gasteiger charge is 2.52. The fraction of sp³-hybridized carbons (Fsp3) is 0.500. The predicted octanol–water partition coefficient (Wildman–Crippen LogP) is 1.52. The molecule has 1 amide bonds. The number of nitrogens with two attached hydrogens (primary N) is 1. The minimum atomic E-state index is -1.73. The van der Waals surface area contributed by atoms with Gasteiger partial charge in [0.1, 0.15) is 23.8 Å². The van der Waals surface area contributed by atoms with Crippen molar-refractivity contribution in [3.63, 3.8) is 0 Å². The Bertz CT molecular complexity index is 685. The predicted molar refractivity (Wildman–Crippen MR) is 92.1 cm³/mol. The number of carbonyl (C=O) groups excluding carboxylic acids is 2. The van der Waals surface area contributed by atoms with Crippen LogP contribution in [0.3, 0.4) is 0 Å². The molecular formula is C18H24N2O6. The van der Waals surface area contributed by atoms with Crippen molar-refractivity contribution in [1.29, 1.82) is 0 Å². The maximum atomic E-state index is 12.5. The summed E-state index contributed by atoms with van der Waals surface area (Å²) in [5.74, 6) is -1.99. The molecule has 2 rings (SSSR count). The van der Waals surface area contributed by atoms with E-state index in [4.69, 9.17) is 15.2 Å². The van der Waals surface area contributed by atoms with Gasteiger partial charge in [-0.3, -0.25) is 9.69 Å². The van der Waals surface area contributed by atoms with Crippen molar-refractivity contribution in [3.8, 4) is 0 Å². The lowest BCUT2D eigenvalue weighted by molar-refractivity contribution is -0.159. The number of benzene rings is 1. The first-order chi connectivity index (χ1) is 12.0. The van der Waals surface area contributed by atoms with E-state index in [0.29, 0.717) is 0 Å². The van der Waals surface area contributed by atoms with Crippen molar-refractivity contribution >= 4 is 18.0 Å². The summed E-state index contributed by atoms with van der Waals surface area (Å²) in [5, 5.41) is 9.36. The third kappa shape index (κ3) is 4.72. The molecular weight excluding hydrogens is 340 g/mol. The molecule has 0 aliphatic carbocycles. The van der Waals surface area contributed by atoms with E-state index >= 15 is 0 Å². The first-order valence-electron chi connectivity index (χ1n) is 8.24. The van der Waals surface area contributed by atoms with Crippen LogP contribution in [0.2, 0.25) is 0 Å². The monoisotopic (exact) mass is 364 g/mol. The molecule has 0 bridgehead atoms. The van der Waals surface area contributed by atoms with Crippen LogP contribution in [0, 0.1) is 0 Å². The maximum Gasteiger partial charge on any atom is 0.410 e. The number of carboxylic acids is 1. The molecule has 0 radical (unpaired) electrons. The fourth-order valence-corrected chi connectivity index (χ4v) is 2.66. The van der Waals surface area contributed by atoms with E-state index in [1.165, 1.54) is 0 Å². The van der Waals surface area contributed by atoms with Gasteiger partial charge in [-0.2, -0.15) is 0 Å². The number of ether oxygens (including phenoxy) is 2. The zero-order valence-corrected chi connectivity index (χ0v) is 15.1. The summed E-state index contributed by atoms with van der Waals surface area (Å²) < 4.78 is 10.5. The number of hydrogen-bond donors (Lipinski definition) is 2. The molecule has 1 aliphatic heterocycles. The van der Waals surface area contributed by atoms with Gasteiger partial charge in [-0.1, -0.05) is 30.3 Å². The normalized spacial score (nSPS) is 22.8. The smallest absolute Gasteiger partial charge is 0.410 e. The average molecular weight is 364 g/mol.